The Morgan fingerprint density at radius 2 is 1.76 bits per heavy atom. The highest BCUT2D eigenvalue weighted by molar-refractivity contribution is 5.81. The van der Waals surface area contributed by atoms with Gasteiger partial charge in [-0.1, -0.05) is 51.2 Å². The molecule has 0 aliphatic carbocycles. The van der Waals surface area contributed by atoms with Crippen LogP contribution in [0.25, 0.3) is 0 Å². The topological polar surface area (TPSA) is 58.6 Å². The van der Waals surface area contributed by atoms with Crippen LogP contribution < -0.4 is 10.1 Å². The van der Waals surface area contributed by atoms with Crippen molar-refractivity contribution in [3.8, 4) is 5.75 Å². The third-order valence-electron chi connectivity index (χ3n) is 3.51. The lowest BCUT2D eigenvalue weighted by atomic mass is 10.1. The minimum absolute atomic E-state index is 0.339. The van der Waals surface area contributed by atoms with Gasteiger partial charge in [-0.2, -0.15) is 0 Å². The van der Waals surface area contributed by atoms with Crippen LogP contribution in [0.3, 0.4) is 0 Å². The van der Waals surface area contributed by atoms with Crippen LogP contribution in [0.2, 0.25) is 0 Å². The minimum atomic E-state index is -1.11. The van der Waals surface area contributed by atoms with Crippen molar-refractivity contribution < 1.29 is 14.6 Å². The number of benzene rings is 1. The van der Waals surface area contributed by atoms with E-state index in [0.717, 1.165) is 12.8 Å². The molecule has 1 atom stereocenters. The van der Waals surface area contributed by atoms with Gasteiger partial charge in [0.25, 0.3) is 5.91 Å². The second-order valence-corrected chi connectivity index (χ2v) is 5.23. The highest BCUT2D eigenvalue weighted by Crippen LogP contribution is 2.17. The summed E-state index contributed by atoms with van der Waals surface area (Å²) in [6.45, 7) is 2.82. The molecule has 21 heavy (non-hydrogen) atoms. The molecule has 0 aliphatic rings. The smallest absolute Gasteiger partial charge is 0.253 e. The normalized spacial score (nSPS) is 12.0. The van der Waals surface area contributed by atoms with E-state index < -0.39 is 6.10 Å². The van der Waals surface area contributed by atoms with Crippen molar-refractivity contribution in [3.63, 3.8) is 0 Å². The van der Waals surface area contributed by atoms with E-state index >= 15 is 0 Å². The molecule has 0 spiro atoms. The summed E-state index contributed by atoms with van der Waals surface area (Å²) >= 11 is 0. The number of methoxy groups -OCH3 is 1. The molecule has 0 saturated heterocycles. The zero-order valence-corrected chi connectivity index (χ0v) is 13.1. The molecule has 0 aromatic heterocycles. The lowest BCUT2D eigenvalue weighted by Gasteiger charge is -2.12. The maximum atomic E-state index is 11.8. The number of carbonyl (C=O) groups is 1. The second-order valence-electron chi connectivity index (χ2n) is 5.23. The molecule has 4 heteroatoms. The summed E-state index contributed by atoms with van der Waals surface area (Å²) in [5.74, 6) is 0.368. The van der Waals surface area contributed by atoms with Gasteiger partial charge in [-0.15, -0.1) is 0 Å². The summed E-state index contributed by atoms with van der Waals surface area (Å²) in [6.07, 6.45) is 5.97. The van der Waals surface area contributed by atoms with Gasteiger partial charge in [0.1, 0.15) is 5.75 Å². The molecule has 0 aliphatic heterocycles. The molecule has 1 aromatic rings. The summed E-state index contributed by atoms with van der Waals surface area (Å²) in [5, 5.41) is 12.8. The van der Waals surface area contributed by atoms with Crippen molar-refractivity contribution >= 4 is 5.91 Å². The Morgan fingerprint density at radius 3 is 2.38 bits per heavy atom. The maximum absolute atomic E-state index is 11.8. The number of hydrogen-bond donors (Lipinski definition) is 2. The number of aliphatic hydroxyl groups excluding tert-OH is 1. The van der Waals surface area contributed by atoms with Crippen LogP contribution in [0.4, 0.5) is 0 Å². The van der Waals surface area contributed by atoms with Crippen molar-refractivity contribution in [2.75, 3.05) is 13.7 Å². The molecule has 1 aromatic carbocycles. The first-order chi connectivity index (χ1) is 10.2. The maximum Gasteiger partial charge on any atom is 0.253 e. The molecule has 0 fully saturated rings. The Kier molecular flexibility index (Phi) is 8.51. The van der Waals surface area contributed by atoms with Crippen molar-refractivity contribution in [2.24, 2.45) is 0 Å². The largest absolute Gasteiger partial charge is 0.497 e. The van der Waals surface area contributed by atoms with Crippen molar-refractivity contribution in [1.29, 1.82) is 0 Å². The molecule has 4 nitrogen and oxygen atoms in total. The van der Waals surface area contributed by atoms with Gasteiger partial charge < -0.3 is 15.2 Å². The Labute approximate surface area is 127 Å². The fourth-order valence-corrected chi connectivity index (χ4v) is 2.15. The number of amides is 1. The van der Waals surface area contributed by atoms with Gasteiger partial charge in [0.15, 0.2) is 6.10 Å². The molecular weight excluding hydrogens is 266 g/mol. The lowest BCUT2D eigenvalue weighted by Crippen LogP contribution is -2.30. The number of unbranched alkanes of at least 4 members (excludes halogenated alkanes) is 5. The van der Waals surface area contributed by atoms with E-state index in [1.807, 2.05) is 0 Å². The summed E-state index contributed by atoms with van der Waals surface area (Å²) in [7, 11) is 1.58. The van der Waals surface area contributed by atoms with Gasteiger partial charge in [0, 0.05) is 6.54 Å². The van der Waals surface area contributed by atoms with Gasteiger partial charge in [-0.05, 0) is 24.1 Å². The third-order valence-corrected chi connectivity index (χ3v) is 3.51. The number of hydrogen-bond acceptors (Lipinski definition) is 3. The molecule has 0 saturated carbocycles. The zero-order valence-electron chi connectivity index (χ0n) is 13.1. The second kappa shape index (κ2) is 10.2. The Morgan fingerprint density at radius 1 is 1.14 bits per heavy atom. The first kappa shape index (κ1) is 17.5. The van der Waals surface area contributed by atoms with Crippen LogP contribution in [0.1, 0.15) is 57.1 Å². The fraction of sp³-hybridized carbons (Fsp3) is 0.588. The third kappa shape index (κ3) is 6.63. The predicted molar refractivity (Wildman–Crippen MR) is 84.3 cm³/mol. The molecule has 2 N–H and O–H groups in total. The van der Waals surface area contributed by atoms with Crippen LogP contribution in [-0.2, 0) is 4.79 Å². The van der Waals surface area contributed by atoms with Crippen LogP contribution in [0.15, 0.2) is 24.3 Å². The fourth-order valence-electron chi connectivity index (χ4n) is 2.15. The molecule has 118 valence electrons. The number of ether oxygens (including phenoxy) is 1. The summed E-state index contributed by atoms with van der Waals surface area (Å²) in [6, 6.07) is 6.88. The van der Waals surface area contributed by atoms with E-state index in [-0.39, 0.29) is 5.91 Å². The van der Waals surface area contributed by atoms with Crippen LogP contribution in [0, 0.1) is 0 Å². The number of aliphatic hydroxyl groups is 1. The predicted octanol–water partition coefficient (Wildman–Crippen LogP) is 3.21. The lowest BCUT2D eigenvalue weighted by molar-refractivity contribution is -0.129. The zero-order chi connectivity index (χ0) is 15.5. The highest BCUT2D eigenvalue weighted by Gasteiger charge is 2.16. The summed E-state index contributed by atoms with van der Waals surface area (Å²) in [5.41, 5.74) is 0.580. The molecule has 1 rings (SSSR count). The SMILES string of the molecule is CCCCCCCCNC(=O)C(O)c1ccc(OC)cc1. The quantitative estimate of drug-likeness (QED) is 0.651. The van der Waals surface area contributed by atoms with Gasteiger partial charge in [-0.25, -0.2) is 0 Å². The van der Waals surface area contributed by atoms with Crippen molar-refractivity contribution in [3.05, 3.63) is 29.8 Å². The molecule has 1 unspecified atom stereocenters. The number of carbonyl (C=O) groups excluding carboxylic acids is 1. The Bertz CT molecular complexity index is 403. The van der Waals surface area contributed by atoms with E-state index in [4.69, 9.17) is 4.74 Å². The first-order valence-corrected chi connectivity index (χ1v) is 7.78. The van der Waals surface area contributed by atoms with Crippen LogP contribution in [-0.4, -0.2) is 24.7 Å². The number of rotatable bonds is 10. The standard InChI is InChI=1S/C17H27NO3/c1-3-4-5-6-7-8-13-18-17(20)16(19)14-9-11-15(21-2)12-10-14/h9-12,16,19H,3-8,13H2,1-2H3,(H,18,20). The molecule has 0 heterocycles. The highest BCUT2D eigenvalue weighted by atomic mass is 16.5. The van der Waals surface area contributed by atoms with E-state index in [1.54, 1.807) is 31.4 Å². The van der Waals surface area contributed by atoms with Gasteiger partial charge >= 0.3 is 0 Å². The summed E-state index contributed by atoms with van der Waals surface area (Å²) < 4.78 is 5.05. The van der Waals surface area contributed by atoms with E-state index in [0.29, 0.717) is 17.9 Å². The number of nitrogens with one attached hydrogen (secondary N) is 1. The molecule has 0 radical (unpaired) electrons. The Hall–Kier alpha value is -1.55. The molecular formula is C17H27NO3. The Balaban J connectivity index is 2.24. The van der Waals surface area contributed by atoms with E-state index in [1.165, 1.54) is 25.7 Å². The van der Waals surface area contributed by atoms with Gasteiger partial charge in [-0.3, -0.25) is 4.79 Å². The monoisotopic (exact) mass is 293 g/mol. The molecule has 1 amide bonds. The average molecular weight is 293 g/mol. The molecule has 0 bridgehead atoms. The average Bonchev–Trinajstić information content (AvgIpc) is 2.53. The van der Waals surface area contributed by atoms with Gasteiger partial charge in [0.05, 0.1) is 7.11 Å². The van der Waals surface area contributed by atoms with Crippen LogP contribution >= 0.6 is 0 Å². The van der Waals surface area contributed by atoms with E-state index in [2.05, 4.69) is 12.2 Å². The van der Waals surface area contributed by atoms with Crippen molar-refractivity contribution in [1.82, 2.24) is 5.32 Å². The van der Waals surface area contributed by atoms with E-state index in [9.17, 15) is 9.90 Å². The van der Waals surface area contributed by atoms with Crippen molar-refractivity contribution in [2.45, 2.75) is 51.6 Å². The van der Waals surface area contributed by atoms with Crippen LogP contribution in [0.5, 0.6) is 5.75 Å². The first-order valence-electron chi connectivity index (χ1n) is 7.78. The summed E-state index contributed by atoms with van der Waals surface area (Å²) in [4.78, 5) is 11.8. The minimum Gasteiger partial charge on any atom is -0.497 e. The van der Waals surface area contributed by atoms with Gasteiger partial charge in [0.2, 0.25) is 0 Å².